The highest BCUT2D eigenvalue weighted by molar-refractivity contribution is 8.00. The molecule has 1 atom stereocenters. The van der Waals surface area contributed by atoms with Gasteiger partial charge in [0.05, 0.1) is 5.75 Å². The molecule has 1 N–H and O–H groups in total. The number of thioether (sulfide) groups is 1. The number of carbonyl (C=O) groups excluding carboxylic acids is 1. The molecule has 5 heteroatoms. The fourth-order valence-electron chi connectivity index (χ4n) is 3.08. The summed E-state index contributed by atoms with van der Waals surface area (Å²) in [6.45, 7) is 4.78. The van der Waals surface area contributed by atoms with Gasteiger partial charge in [-0.05, 0) is 49.4 Å². The van der Waals surface area contributed by atoms with Crippen molar-refractivity contribution >= 4 is 30.1 Å². The Bertz CT molecular complexity index is 509. The molecule has 0 bridgehead atoms. The van der Waals surface area contributed by atoms with Gasteiger partial charge in [-0.15, -0.1) is 24.2 Å². The Hall–Kier alpha value is -0.710. The Morgan fingerprint density at radius 3 is 3.00 bits per heavy atom. The van der Waals surface area contributed by atoms with Gasteiger partial charge in [0.15, 0.2) is 0 Å². The molecule has 1 amide bonds. The average Bonchev–Trinajstić information content (AvgIpc) is 2.92. The summed E-state index contributed by atoms with van der Waals surface area (Å²) in [5.74, 6) is 0.827. The maximum Gasteiger partial charge on any atom is 0.233 e. The van der Waals surface area contributed by atoms with Crippen molar-refractivity contribution in [1.29, 1.82) is 0 Å². The van der Waals surface area contributed by atoms with Gasteiger partial charge in [0.25, 0.3) is 0 Å². The van der Waals surface area contributed by atoms with E-state index in [0.29, 0.717) is 11.8 Å². The lowest BCUT2D eigenvalue weighted by Crippen LogP contribution is -2.52. The van der Waals surface area contributed by atoms with Crippen LogP contribution >= 0.6 is 24.2 Å². The number of halogens is 1. The zero-order valence-electron chi connectivity index (χ0n) is 12.4. The summed E-state index contributed by atoms with van der Waals surface area (Å²) in [6, 6.07) is 7.00. The number of carbonyl (C=O) groups is 1. The van der Waals surface area contributed by atoms with Crippen LogP contribution in [0.15, 0.2) is 23.1 Å². The van der Waals surface area contributed by atoms with E-state index in [0.717, 1.165) is 19.6 Å². The number of nitrogens with zero attached hydrogens (tertiary/aromatic N) is 1. The molecule has 0 aromatic heterocycles. The minimum Gasteiger partial charge on any atom is -0.337 e. The smallest absolute Gasteiger partial charge is 0.233 e. The molecule has 3 nitrogen and oxygen atoms in total. The van der Waals surface area contributed by atoms with E-state index in [1.165, 1.54) is 35.3 Å². The fraction of sp³-hybridized carbons (Fsp3) is 0.562. The molecule has 1 aromatic carbocycles. The van der Waals surface area contributed by atoms with Gasteiger partial charge in [-0.3, -0.25) is 4.79 Å². The summed E-state index contributed by atoms with van der Waals surface area (Å²) in [7, 11) is 0. The topological polar surface area (TPSA) is 32.3 Å². The molecular formula is C16H23ClN2OS. The number of amides is 1. The lowest BCUT2D eigenvalue weighted by molar-refractivity contribution is -0.131. The van der Waals surface area contributed by atoms with Crippen molar-refractivity contribution in [1.82, 2.24) is 10.2 Å². The third-order valence-corrected chi connectivity index (χ3v) is 5.23. The number of nitrogens with one attached hydrogen (secondary N) is 1. The van der Waals surface area contributed by atoms with Crippen molar-refractivity contribution in [2.45, 2.75) is 37.1 Å². The monoisotopic (exact) mass is 326 g/mol. The SMILES string of the molecule is C[C@H]1CNCCN1C(=O)CSc1ccc2c(c1)CCC2.Cl. The van der Waals surface area contributed by atoms with Crippen molar-refractivity contribution in [3.63, 3.8) is 0 Å². The number of hydrogen-bond donors (Lipinski definition) is 1. The molecule has 1 saturated heterocycles. The minimum atomic E-state index is 0. The average molecular weight is 327 g/mol. The zero-order chi connectivity index (χ0) is 13.9. The molecule has 1 fully saturated rings. The standard InChI is InChI=1S/C16H22N2OS.ClH/c1-12-10-17-7-8-18(12)16(19)11-20-15-6-5-13-3-2-4-14(13)9-15;/h5-6,9,12,17H,2-4,7-8,10-11H2,1H3;1H/t12-;/m0./s1. The van der Waals surface area contributed by atoms with E-state index in [1.807, 2.05) is 4.90 Å². The highest BCUT2D eigenvalue weighted by atomic mass is 35.5. The van der Waals surface area contributed by atoms with Gasteiger partial charge in [-0.25, -0.2) is 0 Å². The highest BCUT2D eigenvalue weighted by Crippen LogP contribution is 2.27. The number of hydrogen-bond acceptors (Lipinski definition) is 3. The van der Waals surface area contributed by atoms with E-state index < -0.39 is 0 Å². The number of rotatable bonds is 3. The van der Waals surface area contributed by atoms with Gasteiger partial charge >= 0.3 is 0 Å². The van der Waals surface area contributed by atoms with Crippen LogP contribution in [0.3, 0.4) is 0 Å². The predicted molar refractivity (Wildman–Crippen MR) is 90.5 cm³/mol. The first kappa shape index (κ1) is 16.7. The second kappa shape index (κ2) is 7.52. The third-order valence-electron chi connectivity index (χ3n) is 4.25. The maximum absolute atomic E-state index is 12.3. The van der Waals surface area contributed by atoms with Crippen molar-refractivity contribution in [2.24, 2.45) is 0 Å². The van der Waals surface area contributed by atoms with Crippen molar-refractivity contribution in [3.8, 4) is 0 Å². The van der Waals surface area contributed by atoms with Gasteiger partial charge in [-0.1, -0.05) is 6.07 Å². The zero-order valence-corrected chi connectivity index (χ0v) is 14.1. The Kier molecular flexibility index (Phi) is 5.97. The Balaban J connectivity index is 0.00000161. The van der Waals surface area contributed by atoms with Crippen molar-refractivity contribution in [3.05, 3.63) is 29.3 Å². The van der Waals surface area contributed by atoms with E-state index in [9.17, 15) is 4.79 Å². The molecule has 2 aliphatic rings. The lowest BCUT2D eigenvalue weighted by atomic mass is 10.1. The van der Waals surface area contributed by atoms with Crippen LogP contribution in [0.4, 0.5) is 0 Å². The quantitative estimate of drug-likeness (QED) is 0.866. The largest absolute Gasteiger partial charge is 0.337 e. The van der Waals surface area contributed by atoms with Crippen LogP contribution in [0.2, 0.25) is 0 Å². The second-order valence-corrected chi connectivity index (χ2v) is 6.76. The molecule has 21 heavy (non-hydrogen) atoms. The van der Waals surface area contributed by atoms with Crippen molar-refractivity contribution < 1.29 is 4.79 Å². The van der Waals surface area contributed by atoms with Crippen LogP contribution in [0.25, 0.3) is 0 Å². The molecular weight excluding hydrogens is 304 g/mol. The summed E-state index contributed by atoms with van der Waals surface area (Å²) in [5.41, 5.74) is 2.98. The van der Waals surface area contributed by atoms with E-state index in [1.54, 1.807) is 11.8 Å². The van der Waals surface area contributed by atoms with E-state index in [-0.39, 0.29) is 18.3 Å². The molecule has 0 spiro atoms. The number of benzene rings is 1. The summed E-state index contributed by atoms with van der Waals surface area (Å²) in [6.07, 6.45) is 3.70. The van der Waals surface area contributed by atoms with Gasteiger partial charge in [0.1, 0.15) is 0 Å². The van der Waals surface area contributed by atoms with E-state index in [4.69, 9.17) is 0 Å². The second-order valence-electron chi connectivity index (χ2n) is 5.71. The molecule has 3 rings (SSSR count). The molecule has 1 aliphatic heterocycles. The first-order chi connectivity index (χ1) is 9.74. The Morgan fingerprint density at radius 1 is 1.38 bits per heavy atom. The summed E-state index contributed by atoms with van der Waals surface area (Å²) in [4.78, 5) is 15.5. The van der Waals surface area contributed by atoms with Crippen LogP contribution in [-0.2, 0) is 17.6 Å². The van der Waals surface area contributed by atoms with Crippen LogP contribution in [0.1, 0.15) is 24.5 Å². The molecule has 0 radical (unpaired) electrons. The number of piperazine rings is 1. The fourth-order valence-corrected chi connectivity index (χ4v) is 3.92. The number of fused-ring (bicyclic) bond motifs is 1. The third kappa shape index (κ3) is 3.93. The first-order valence-corrected chi connectivity index (χ1v) is 8.47. The van der Waals surface area contributed by atoms with Gasteiger partial charge in [0.2, 0.25) is 5.91 Å². The van der Waals surface area contributed by atoms with Crippen LogP contribution in [-0.4, -0.2) is 42.2 Å². The molecule has 1 aliphatic carbocycles. The lowest BCUT2D eigenvalue weighted by Gasteiger charge is -2.34. The van der Waals surface area contributed by atoms with E-state index >= 15 is 0 Å². The van der Waals surface area contributed by atoms with Gasteiger partial charge in [-0.2, -0.15) is 0 Å². The van der Waals surface area contributed by atoms with Gasteiger partial charge in [0, 0.05) is 30.6 Å². The van der Waals surface area contributed by atoms with E-state index in [2.05, 4.69) is 30.4 Å². The summed E-state index contributed by atoms with van der Waals surface area (Å²) < 4.78 is 0. The Labute approximate surface area is 137 Å². The van der Waals surface area contributed by atoms with Crippen LogP contribution in [0, 0.1) is 0 Å². The number of aryl methyl sites for hydroxylation is 2. The molecule has 116 valence electrons. The normalized spacial score (nSPS) is 20.8. The molecule has 1 heterocycles. The van der Waals surface area contributed by atoms with Crippen LogP contribution in [0.5, 0.6) is 0 Å². The molecule has 1 aromatic rings. The highest BCUT2D eigenvalue weighted by Gasteiger charge is 2.22. The van der Waals surface area contributed by atoms with Crippen LogP contribution < -0.4 is 5.32 Å². The van der Waals surface area contributed by atoms with Gasteiger partial charge < -0.3 is 10.2 Å². The maximum atomic E-state index is 12.3. The molecule has 0 unspecified atom stereocenters. The first-order valence-electron chi connectivity index (χ1n) is 7.49. The predicted octanol–water partition coefficient (Wildman–Crippen LogP) is 2.51. The minimum absolute atomic E-state index is 0. The summed E-state index contributed by atoms with van der Waals surface area (Å²) in [5, 5.41) is 3.32. The summed E-state index contributed by atoms with van der Waals surface area (Å²) >= 11 is 1.68. The molecule has 0 saturated carbocycles. The Morgan fingerprint density at radius 2 is 2.19 bits per heavy atom. The van der Waals surface area contributed by atoms with Crippen molar-refractivity contribution in [2.75, 3.05) is 25.4 Å².